The third-order valence-electron chi connectivity index (χ3n) is 8.87. The number of fused-ring (bicyclic) bond motifs is 3. The van der Waals surface area contributed by atoms with E-state index in [2.05, 4.69) is 193 Å². The van der Waals surface area contributed by atoms with Gasteiger partial charge in [-0.15, -0.1) is 0 Å². The minimum absolute atomic E-state index is 0.825. The lowest BCUT2D eigenvalue weighted by molar-refractivity contribution is 1.18. The van der Waals surface area contributed by atoms with Crippen molar-refractivity contribution in [2.45, 2.75) is 6.42 Å². The van der Waals surface area contributed by atoms with E-state index in [4.69, 9.17) is 0 Å². The Morgan fingerprint density at radius 1 is 0.435 bits per heavy atom. The van der Waals surface area contributed by atoms with Gasteiger partial charge in [0.05, 0.1) is 11.0 Å². The molecule has 0 bridgehead atoms. The first-order valence-electron chi connectivity index (χ1n) is 15.9. The topological polar surface area (TPSA) is 4.93 Å². The van der Waals surface area contributed by atoms with Crippen LogP contribution >= 0.6 is 0 Å². The average Bonchev–Trinajstić information content (AvgIpc) is 3.46. The van der Waals surface area contributed by atoms with Gasteiger partial charge in [-0.2, -0.15) is 0 Å². The van der Waals surface area contributed by atoms with Crippen LogP contribution in [0.15, 0.2) is 182 Å². The van der Waals surface area contributed by atoms with Crippen LogP contribution in [0.2, 0.25) is 0 Å². The molecular formula is C45H33N. The van der Waals surface area contributed by atoms with Crippen LogP contribution in [0.1, 0.15) is 16.7 Å². The van der Waals surface area contributed by atoms with E-state index in [9.17, 15) is 0 Å². The van der Waals surface area contributed by atoms with Gasteiger partial charge in [0.1, 0.15) is 0 Å². The summed E-state index contributed by atoms with van der Waals surface area (Å²) in [4.78, 5) is 0. The summed E-state index contributed by atoms with van der Waals surface area (Å²) in [5, 5.41) is 2.56. The molecule has 1 heteroatoms. The van der Waals surface area contributed by atoms with Gasteiger partial charge in [-0.25, -0.2) is 0 Å². The number of allylic oxidation sites excluding steroid dienone is 1. The monoisotopic (exact) mass is 587 g/mol. The van der Waals surface area contributed by atoms with Crippen molar-refractivity contribution in [2.75, 3.05) is 0 Å². The van der Waals surface area contributed by atoms with E-state index in [1.54, 1.807) is 0 Å². The molecule has 0 unspecified atom stereocenters. The van der Waals surface area contributed by atoms with Crippen molar-refractivity contribution in [3.8, 4) is 27.9 Å². The minimum Gasteiger partial charge on any atom is -0.309 e. The van der Waals surface area contributed by atoms with Crippen LogP contribution in [0, 0.1) is 0 Å². The average molecular weight is 588 g/mol. The second-order valence-corrected chi connectivity index (χ2v) is 11.8. The highest BCUT2D eigenvalue weighted by molar-refractivity contribution is 6.09. The molecule has 7 aromatic carbocycles. The molecule has 0 aliphatic carbocycles. The molecule has 0 aliphatic rings. The number of nitrogens with zero attached hydrogens (tertiary/aromatic N) is 1. The van der Waals surface area contributed by atoms with E-state index in [-0.39, 0.29) is 0 Å². The third-order valence-corrected chi connectivity index (χ3v) is 8.87. The lowest BCUT2D eigenvalue weighted by Crippen LogP contribution is -1.94. The highest BCUT2D eigenvalue weighted by atomic mass is 15.0. The molecule has 0 aliphatic heterocycles. The normalized spacial score (nSPS) is 11.7. The highest BCUT2D eigenvalue weighted by Crippen LogP contribution is 2.34. The summed E-state index contributed by atoms with van der Waals surface area (Å²) in [5.74, 6) is 0. The molecule has 1 aromatic heterocycles. The van der Waals surface area contributed by atoms with Crippen LogP contribution in [0.5, 0.6) is 0 Å². The Morgan fingerprint density at radius 3 is 1.61 bits per heavy atom. The van der Waals surface area contributed by atoms with Gasteiger partial charge < -0.3 is 4.57 Å². The molecule has 0 amide bonds. The standard InChI is InChI=1S/C45H33N/c1-4-12-35(13-5-1)37-23-20-33(21-24-37)30-40(39-27-25-38(26-28-39)36-14-6-2-7-15-36)31-34-22-29-45-43(32-34)42-18-10-11-19-44(42)46(45)41-16-8-3-9-17-41/h1-30,32H,31H2/b40-30-. The van der Waals surface area contributed by atoms with Gasteiger partial charge in [0.25, 0.3) is 0 Å². The van der Waals surface area contributed by atoms with E-state index in [0.29, 0.717) is 0 Å². The Labute approximate surface area is 270 Å². The van der Waals surface area contributed by atoms with Gasteiger partial charge in [-0.1, -0.05) is 158 Å². The van der Waals surface area contributed by atoms with Crippen molar-refractivity contribution < 1.29 is 0 Å². The largest absolute Gasteiger partial charge is 0.309 e. The SMILES string of the molecule is C(=C(\Cc1ccc2c(c1)c1ccccc1n2-c1ccccc1)c1ccc(-c2ccccc2)cc1)/c1ccc(-c2ccccc2)cc1. The predicted octanol–water partition coefficient (Wildman–Crippen LogP) is 11.9. The number of para-hydroxylation sites is 2. The summed E-state index contributed by atoms with van der Waals surface area (Å²) >= 11 is 0. The fourth-order valence-corrected chi connectivity index (χ4v) is 6.55. The van der Waals surface area contributed by atoms with Gasteiger partial charge in [0.2, 0.25) is 0 Å². The smallest absolute Gasteiger partial charge is 0.0541 e. The lowest BCUT2D eigenvalue weighted by Gasteiger charge is -2.12. The summed E-state index contributed by atoms with van der Waals surface area (Å²) < 4.78 is 2.38. The maximum atomic E-state index is 2.39. The van der Waals surface area contributed by atoms with Gasteiger partial charge in [0.15, 0.2) is 0 Å². The van der Waals surface area contributed by atoms with E-state index in [0.717, 1.165) is 6.42 Å². The summed E-state index contributed by atoms with van der Waals surface area (Å²) in [7, 11) is 0. The molecule has 1 nitrogen and oxygen atoms in total. The maximum Gasteiger partial charge on any atom is 0.0541 e. The van der Waals surface area contributed by atoms with Crippen LogP contribution in [0.3, 0.4) is 0 Å². The van der Waals surface area contributed by atoms with Crippen LogP contribution in [0.25, 0.3) is 61.4 Å². The number of benzene rings is 7. The lowest BCUT2D eigenvalue weighted by atomic mass is 9.93. The van der Waals surface area contributed by atoms with Crippen molar-refractivity contribution in [3.63, 3.8) is 0 Å². The molecule has 46 heavy (non-hydrogen) atoms. The molecule has 0 spiro atoms. The fourth-order valence-electron chi connectivity index (χ4n) is 6.55. The second kappa shape index (κ2) is 12.2. The van der Waals surface area contributed by atoms with E-state index < -0.39 is 0 Å². The number of aromatic nitrogens is 1. The molecule has 0 N–H and O–H groups in total. The summed E-state index contributed by atoms with van der Waals surface area (Å²) in [6.07, 6.45) is 3.18. The first-order chi connectivity index (χ1) is 22.8. The minimum atomic E-state index is 0.825. The first-order valence-corrected chi connectivity index (χ1v) is 15.9. The van der Waals surface area contributed by atoms with Gasteiger partial charge >= 0.3 is 0 Å². The molecule has 0 fully saturated rings. The zero-order chi connectivity index (χ0) is 30.7. The first kappa shape index (κ1) is 27.6. The summed E-state index contributed by atoms with van der Waals surface area (Å²) in [5.41, 5.74) is 13.6. The van der Waals surface area contributed by atoms with Crippen molar-refractivity contribution >= 4 is 33.5 Å². The molecular weight excluding hydrogens is 555 g/mol. The molecule has 218 valence electrons. The Kier molecular flexibility index (Phi) is 7.34. The molecule has 0 saturated heterocycles. The van der Waals surface area contributed by atoms with Gasteiger partial charge in [-0.05, 0) is 81.3 Å². The highest BCUT2D eigenvalue weighted by Gasteiger charge is 2.14. The predicted molar refractivity (Wildman–Crippen MR) is 196 cm³/mol. The molecule has 0 atom stereocenters. The van der Waals surface area contributed by atoms with Crippen molar-refractivity contribution in [2.24, 2.45) is 0 Å². The number of rotatable bonds is 7. The number of hydrogen-bond donors (Lipinski definition) is 0. The number of hydrogen-bond acceptors (Lipinski definition) is 0. The molecule has 8 aromatic rings. The third kappa shape index (κ3) is 5.44. The van der Waals surface area contributed by atoms with E-state index >= 15 is 0 Å². The van der Waals surface area contributed by atoms with Crippen LogP contribution < -0.4 is 0 Å². The Balaban J connectivity index is 1.20. The van der Waals surface area contributed by atoms with Gasteiger partial charge in [-0.3, -0.25) is 0 Å². The van der Waals surface area contributed by atoms with Crippen molar-refractivity contribution in [1.29, 1.82) is 0 Å². The Morgan fingerprint density at radius 2 is 0.957 bits per heavy atom. The zero-order valence-electron chi connectivity index (χ0n) is 25.6. The summed E-state index contributed by atoms with van der Waals surface area (Å²) in [6, 6.07) is 65.5. The van der Waals surface area contributed by atoms with Gasteiger partial charge in [0, 0.05) is 16.5 Å². The zero-order valence-corrected chi connectivity index (χ0v) is 25.6. The summed E-state index contributed by atoms with van der Waals surface area (Å²) in [6.45, 7) is 0. The molecule has 0 radical (unpaired) electrons. The Bertz CT molecular complexity index is 2270. The van der Waals surface area contributed by atoms with Crippen LogP contribution in [-0.2, 0) is 6.42 Å². The quantitative estimate of drug-likeness (QED) is 0.163. The Hall–Kier alpha value is -5.92. The van der Waals surface area contributed by atoms with Crippen LogP contribution in [0.4, 0.5) is 0 Å². The maximum absolute atomic E-state index is 2.39. The fraction of sp³-hybridized carbons (Fsp3) is 0.0222. The van der Waals surface area contributed by atoms with Crippen LogP contribution in [-0.4, -0.2) is 4.57 Å². The molecule has 0 saturated carbocycles. The van der Waals surface area contributed by atoms with E-state index in [1.165, 1.54) is 72.0 Å². The molecule has 1 heterocycles. The van der Waals surface area contributed by atoms with Crippen molar-refractivity contribution in [1.82, 2.24) is 4.57 Å². The molecule has 8 rings (SSSR count). The van der Waals surface area contributed by atoms with Crippen molar-refractivity contribution in [3.05, 3.63) is 199 Å². The second-order valence-electron chi connectivity index (χ2n) is 11.8. The van der Waals surface area contributed by atoms with E-state index in [1.807, 2.05) is 0 Å².